The van der Waals surface area contributed by atoms with Gasteiger partial charge in [0.05, 0.1) is 11.0 Å². The maximum absolute atomic E-state index is 12.1. The number of carbonyl (C=O) groups is 1. The number of allylic oxidation sites excluding steroid dienone is 1. The zero-order chi connectivity index (χ0) is 19.8. The van der Waals surface area contributed by atoms with Gasteiger partial charge in [-0.3, -0.25) is 14.5 Å². The fourth-order valence-electron chi connectivity index (χ4n) is 2.36. The molecule has 0 fully saturated rings. The van der Waals surface area contributed by atoms with E-state index in [1.54, 1.807) is 35.4 Å². The number of halogens is 1. The van der Waals surface area contributed by atoms with Gasteiger partial charge in [-0.2, -0.15) is 5.10 Å². The number of rotatable bonds is 8. The van der Waals surface area contributed by atoms with Gasteiger partial charge in [0.15, 0.2) is 5.82 Å². The summed E-state index contributed by atoms with van der Waals surface area (Å²) in [5, 5.41) is 7.00. The number of ether oxygens (including phenoxy) is 1. The fourth-order valence-corrected chi connectivity index (χ4v) is 2.78. The van der Waals surface area contributed by atoms with E-state index in [1.165, 1.54) is 6.08 Å². The van der Waals surface area contributed by atoms with Crippen molar-refractivity contribution < 1.29 is 9.53 Å². The highest BCUT2D eigenvalue weighted by atomic mass is 79.9. The van der Waals surface area contributed by atoms with E-state index in [2.05, 4.69) is 37.9 Å². The van der Waals surface area contributed by atoms with Crippen LogP contribution in [0.2, 0.25) is 0 Å². The predicted molar refractivity (Wildman–Crippen MR) is 113 cm³/mol. The molecule has 0 aliphatic heterocycles. The fraction of sp³-hybridized carbons (Fsp3) is 0.0952. The Balaban J connectivity index is 1.53. The summed E-state index contributed by atoms with van der Waals surface area (Å²) in [6.45, 7) is 4.69. The lowest BCUT2D eigenvalue weighted by Gasteiger charge is -2.06. The van der Waals surface area contributed by atoms with E-state index < -0.39 is 0 Å². The van der Waals surface area contributed by atoms with Gasteiger partial charge in [0, 0.05) is 30.2 Å². The van der Waals surface area contributed by atoms with Crippen LogP contribution in [-0.4, -0.2) is 20.7 Å². The highest BCUT2D eigenvalue weighted by molar-refractivity contribution is 9.10. The third kappa shape index (κ3) is 5.65. The molecule has 0 aliphatic rings. The Morgan fingerprint density at radius 1 is 1.29 bits per heavy atom. The predicted octanol–water partition coefficient (Wildman–Crippen LogP) is 4.46. The van der Waals surface area contributed by atoms with Crippen LogP contribution in [0.15, 0.2) is 78.2 Å². The third-order valence-electron chi connectivity index (χ3n) is 3.71. The molecule has 2 aromatic heterocycles. The first-order chi connectivity index (χ1) is 13.6. The van der Waals surface area contributed by atoms with Gasteiger partial charge in [-0.1, -0.05) is 24.3 Å². The van der Waals surface area contributed by atoms with Crippen molar-refractivity contribution in [2.45, 2.75) is 13.2 Å². The molecule has 142 valence electrons. The van der Waals surface area contributed by atoms with Gasteiger partial charge in [-0.25, -0.2) is 0 Å². The van der Waals surface area contributed by atoms with Crippen molar-refractivity contribution in [1.82, 2.24) is 14.8 Å². The summed E-state index contributed by atoms with van der Waals surface area (Å²) in [6, 6.07) is 11.3. The Bertz CT molecular complexity index is 966. The number of hydrogen-bond acceptors (Lipinski definition) is 4. The lowest BCUT2D eigenvalue weighted by molar-refractivity contribution is -0.111. The van der Waals surface area contributed by atoms with E-state index in [9.17, 15) is 4.79 Å². The molecule has 1 aromatic carbocycles. The first-order valence-electron chi connectivity index (χ1n) is 8.59. The van der Waals surface area contributed by atoms with E-state index >= 15 is 0 Å². The number of hydrogen-bond donors (Lipinski definition) is 1. The second-order valence-corrected chi connectivity index (χ2v) is 6.73. The van der Waals surface area contributed by atoms with Gasteiger partial charge in [0.25, 0.3) is 0 Å². The molecule has 0 bridgehead atoms. The minimum Gasteiger partial charge on any atom is -0.489 e. The molecule has 0 unspecified atom stereocenters. The highest BCUT2D eigenvalue weighted by Gasteiger charge is 2.08. The smallest absolute Gasteiger partial charge is 0.249 e. The van der Waals surface area contributed by atoms with Gasteiger partial charge < -0.3 is 10.1 Å². The normalized spacial score (nSPS) is 10.8. The summed E-state index contributed by atoms with van der Waals surface area (Å²) in [6.07, 6.45) is 10.2. The van der Waals surface area contributed by atoms with Gasteiger partial charge in [0.1, 0.15) is 12.4 Å². The number of nitrogens with one attached hydrogen (secondary N) is 1. The first kappa shape index (κ1) is 19.6. The van der Waals surface area contributed by atoms with Crippen molar-refractivity contribution in [3.63, 3.8) is 0 Å². The SMILES string of the molecule is C=CCn1cc(Br)c(NC(=O)C=Cc2ccc(OCc3cccnc3)cc2)n1. The van der Waals surface area contributed by atoms with Crippen molar-refractivity contribution in [2.24, 2.45) is 0 Å². The number of aromatic nitrogens is 3. The van der Waals surface area contributed by atoms with E-state index in [1.807, 2.05) is 36.4 Å². The maximum atomic E-state index is 12.1. The summed E-state index contributed by atoms with van der Waals surface area (Å²) >= 11 is 3.38. The van der Waals surface area contributed by atoms with Gasteiger partial charge >= 0.3 is 0 Å². The molecule has 1 N–H and O–H groups in total. The third-order valence-corrected chi connectivity index (χ3v) is 4.29. The molecular formula is C21H19BrN4O2. The Morgan fingerprint density at radius 3 is 2.82 bits per heavy atom. The van der Waals surface area contributed by atoms with Crippen LogP contribution in [0.25, 0.3) is 6.08 Å². The van der Waals surface area contributed by atoms with E-state index in [4.69, 9.17) is 4.74 Å². The molecule has 0 saturated carbocycles. The van der Waals surface area contributed by atoms with Gasteiger partial charge in [-0.05, 0) is 45.8 Å². The van der Waals surface area contributed by atoms with Crippen LogP contribution in [0.1, 0.15) is 11.1 Å². The average molecular weight is 439 g/mol. The lowest BCUT2D eigenvalue weighted by atomic mass is 10.2. The summed E-state index contributed by atoms with van der Waals surface area (Å²) in [5.41, 5.74) is 1.89. The number of nitrogens with zero attached hydrogens (tertiary/aromatic N) is 3. The lowest BCUT2D eigenvalue weighted by Crippen LogP contribution is -2.09. The van der Waals surface area contributed by atoms with E-state index in [-0.39, 0.29) is 5.91 Å². The van der Waals surface area contributed by atoms with Crippen molar-refractivity contribution >= 4 is 33.7 Å². The van der Waals surface area contributed by atoms with Crippen LogP contribution in [0.4, 0.5) is 5.82 Å². The molecule has 28 heavy (non-hydrogen) atoms. The zero-order valence-electron chi connectivity index (χ0n) is 15.1. The summed E-state index contributed by atoms with van der Waals surface area (Å²) in [5.74, 6) is 0.958. The molecule has 0 aliphatic carbocycles. The Hall–Kier alpha value is -3.19. The van der Waals surface area contributed by atoms with Crippen LogP contribution >= 0.6 is 15.9 Å². The Labute approximate surface area is 171 Å². The molecule has 1 amide bonds. The van der Waals surface area contributed by atoms with Crippen LogP contribution in [0, 0.1) is 0 Å². The molecule has 7 heteroatoms. The number of anilines is 1. The van der Waals surface area contributed by atoms with Crippen LogP contribution in [-0.2, 0) is 17.9 Å². The Morgan fingerprint density at radius 2 is 2.11 bits per heavy atom. The highest BCUT2D eigenvalue weighted by Crippen LogP contribution is 2.20. The Kier molecular flexibility index (Phi) is 6.75. The summed E-state index contributed by atoms with van der Waals surface area (Å²) in [4.78, 5) is 16.2. The molecule has 0 saturated heterocycles. The summed E-state index contributed by atoms with van der Waals surface area (Å²) < 4.78 is 8.12. The second kappa shape index (κ2) is 9.66. The molecule has 2 heterocycles. The molecule has 3 aromatic rings. The topological polar surface area (TPSA) is 69.0 Å². The quantitative estimate of drug-likeness (QED) is 0.416. The van der Waals surface area contributed by atoms with Gasteiger partial charge in [-0.15, -0.1) is 6.58 Å². The minimum absolute atomic E-state index is 0.263. The average Bonchev–Trinajstić information content (AvgIpc) is 3.05. The molecular weight excluding hydrogens is 420 g/mol. The second-order valence-electron chi connectivity index (χ2n) is 5.88. The number of pyridine rings is 1. The molecule has 6 nitrogen and oxygen atoms in total. The number of amides is 1. The first-order valence-corrected chi connectivity index (χ1v) is 9.38. The van der Waals surface area contributed by atoms with Crippen LogP contribution in [0.3, 0.4) is 0 Å². The van der Waals surface area contributed by atoms with Crippen molar-refractivity contribution in [2.75, 3.05) is 5.32 Å². The molecule has 0 radical (unpaired) electrons. The molecule has 3 rings (SSSR count). The van der Waals surface area contributed by atoms with Gasteiger partial charge in [0.2, 0.25) is 5.91 Å². The minimum atomic E-state index is -0.263. The number of benzene rings is 1. The van der Waals surface area contributed by atoms with Crippen molar-refractivity contribution in [3.05, 3.63) is 89.3 Å². The van der Waals surface area contributed by atoms with Crippen molar-refractivity contribution in [1.29, 1.82) is 0 Å². The van der Waals surface area contributed by atoms with E-state index in [0.717, 1.165) is 16.9 Å². The van der Waals surface area contributed by atoms with Crippen LogP contribution < -0.4 is 10.1 Å². The summed E-state index contributed by atoms with van der Waals surface area (Å²) in [7, 11) is 0. The number of carbonyl (C=O) groups excluding carboxylic acids is 1. The van der Waals surface area contributed by atoms with Crippen molar-refractivity contribution in [3.8, 4) is 5.75 Å². The molecule has 0 spiro atoms. The standard InChI is InChI=1S/C21H19BrN4O2/c1-2-12-26-14-19(22)21(25-26)24-20(27)10-7-16-5-8-18(9-6-16)28-15-17-4-3-11-23-13-17/h2-11,13-14H,1,12,15H2,(H,24,25,27). The largest absolute Gasteiger partial charge is 0.489 e. The monoisotopic (exact) mass is 438 g/mol. The molecule has 0 atom stereocenters. The van der Waals surface area contributed by atoms with E-state index in [0.29, 0.717) is 23.4 Å². The maximum Gasteiger partial charge on any atom is 0.249 e. The van der Waals surface area contributed by atoms with Crippen LogP contribution in [0.5, 0.6) is 5.75 Å². The zero-order valence-corrected chi connectivity index (χ0v) is 16.7.